The lowest BCUT2D eigenvalue weighted by Gasteiger charge is -2.13. The molecule has 0 aliphatic rings. The van der Waals surface area contributed by atoms with Crippen LogP contribution in [-0.2, 0) is 6.54 Å². The Labute approximate surface area is 92.6 Å². The zero-order valence-electron chi connectivity index (χ0n) is 9.92. The van der Waals surface area contributed by atoms with Gasteiger partial charge in [0.1, 0.15) is 5.75 Å². The molecule has 0 bridgehead atoms. The average Bonchev–Trinajstić information content (AvgIpc) is 2.22. The molecule has 84 valence electrons. The second-order valence-electron chi connectivity index (χ2n) is 3.89. The van der Waals surface area contributed by atoms with Gasteiger partial charge in [-0.15, -0.1) is 0 Å². The van der Waals surface area contributed by atoms with E-state index in [2.05, 4.69) is 31.3 Å². The van der Waals surface area contributed by atoms with Crippen molar-refractivity contribution in [1.29, 1.82) is 0 Å². The van der Waals surface area contributed by atoms with Crippen LogP contribution in [0.1, 0.15) is 32.3 Å². The van der Waals surface area contributed by atoms with Gasteiger partial charge >= 0.3 is 0 Å². The van der Waals surface area contributed by atoms with E-state index < -0.39 is 0 Å². The van der Waals surface area contributed by atoms with E-state index in [9.17, 15) is 0 Å². The van der Waals surface area contributed by atoms with Crippen LogP contribution in [0.4, 0.5) is 0 Å². The highest BCUT2D eigenvalue weighted by Gasteiger charge is 2.02. The fraction of sp³-hybridized carbons (Fsp3) is 0.538. The lowest BCUT2D eigenvalue weighted by atomic mass is 10.2. The first-order valence-corrected chi connectivity index (χ1v) is 5.66. The Hall–Kier alpha value is -1.02. The minimum absolute atomic E-state index is 0.310. The molecule has 0 saturated heterocycles. The van der Waals surface area contributed by atoms with Crippen molar-refractivity contribution in [3.63, 3.8) is 0 Å². The third kappa shape index (κ3) is 4.34. The van der Waals surface area contributed by atoms with Crippen LogP contribution in [-0.4, -0.2) is 13.2 Å². The molecule has 1 atom stereocenters. The van der Waals surface area contributed by atoms with E-state index in [-0.39, 0.29) is 0 Å². The average molecular weight is 207 g/mol. The van der Waals surface area contributed by atoms with E-state index in [1.165, 1.54) is 12.0 Å². The van der Waals surface area contributed by atoms with Gasteiger partial charge in [-0.3, -0.25) is 0 Å². The second kappa shape index (κ2) is 6.46. The molecule has 1 aromatic rings. The molecule has 1 rings (SSSR count). The standard InChI is InChI=1S/C13H21NO/c1-4-5-11(2)15-13-8-6-12(7-9-13)10-14-3/h6-9,11,14H,4-5,10H2,1-3H3. The summed E-state index contributed by atoms with van der Waals surface area (Å²) in [6, 6.07) is 8.28. The predicted molar refractivity (Wildman–Crippen MR) is 64.2 cm³/mol. The normalized spacial score (nSPS) is 12.5. The molecule has 0 aliphatic carbocycles. The Morgan fingerprint density at radius 3 is 2.47 bits per heavy atom. The number of ether oxygens (including phenoxy) is 1. The fourth-order valence-electron chi connectivity index (χ4n) is 1.59. The van der Waals surface area contributed by atoms with Crippen molar-refractivity contribution >= 4 is 0 Å². The Kier molecular flexibility index (Phi) is 5.19. The number of nitrogens with one attached hydrogen (secondary N) is 1. The summed E-state index contributed by atoms with van der Waals surface area (Å²) in [4.78, 5) is 0. The highest BCUT2D eigenvalue weighted by molar-refractivity contribution is 5.27. The number of hydrogen-bond donors (Lipinski definition) is 1. The van der Waals surface area contributed by atoms with E-state index >= 15 is 0 Å². The predicted octanol–water partition coefficient (Wildman–Crippen LogP) is 2.97. The first-order valence-electron chi connectivity index (χ1n) is 5.66. The number of benzene rings is 1. The quantitative estimate of drug-likeness (QED) is 0.774. The molecule has 15 heavy (non-hydrogen) atoms. The summed E-state index contributed by atoms with van der Waals surface area (Å²) < 4.78 is 5.77. The van der Waals surface area contributed by atoms with Crippen LogP contribution >= 0.6 is 0 Å². The molecule has 0 aromatic heterocycles. The summed E-state index contributed by atoms with van der Waals surface area (Å²) in [5.74, 6) is 0.968. The Balaban J connectivity index is 2.48. The van der Waals surface area contributed by atoms with Crippen LogP contribution in [0.5, 0.6) is 5.75 Å². The molecule has 0 heterocycles. The van der Waals surface area contributed by atoms with Gasteiger partial charge in [0.15, 0.2) is 0 Å². The van der Waals surface area contributed by atoms with Gasteiger partial charge in [0, 0.05) is 6.54 Å². The minimum Gasteiger partial charge on any atom is -0.491 e. The monoisotopic (exact) mass is 207 g/mol. The number of hydrogen-bond acceptors (Lipinski definition) is 2. The summed E-state index contributed by atoms with van der Waals surface area (Å²) in [6.45, 7) is 5.20. The van der Waals surface area contributed by atoms with Gasteiger partial charge in [0.2, 0.25) is 0 Å². The van der Waals surface area contributed by atoms with E-state index in [0.717, 1.165) is 18.7 Å². The molecule has 0 fully saturated rings. The smallest absolute Gasteiger partial charge is 0.119 e. The van der Waals surface area contributed by atoms with Crippen LogP contribution in [0, 0.1) is 0 Å². The molecular formula is C13H21NO. The Bertz CT molecular complexity index is 268. The summed E-state index contributed by atoms with van der Waals surface area (Å²) in [6.07, 6.45) is 2.59. The van der Waals surface area contributed by atoms with Gasteiger partial charge in [-0.2, -0.15) is 0 Å². The highest BCUT2D eigenvalue weighted by atomic mass is 16.5. The summed E-state index contributed by atoms with van der Waals surface area (Å²) in [5, 5.41) is 3.12. The summed E-state index contributed by atoms with van der Waals surface area (Å²) in [5.41, 5.74) is 1.29. The van der Waals surface area contributed by atoms with E-state index in [1.54, 1.807) is 0 Å². The highest BCUT2D eigenvalue weighted by Crippen LogP contribution is 2.15. The molecule has 1 unspecified atom stereocenters. The van der Waals surface area contributed by atoms with Crippen molar-refractivity contribution in [2.24, 2.45) is 0 Å². The van der Waals surface area contributed by atoms with E-state index in [1.807, 2.05) is 19.2 Å². The largest absolute Gasteiger partial charge is 0.491 e. The Morgan fingerprint density at radius 2 is 1.93 bits per heavy atom. The molecule has 0 radical (unpaired) electrons. The maximum Gasteiger partial charge on any atom is 0.119 e. The molecule has 0 saturated carbocycles. The van der Waals surface area contributed by atoms with Crippen LogP contribution in [0.25, 0.3) is 0 Å². The molecule has 1 aromatic carbocycles. The first kappa shape index (κ1) is 12.1. The van der Waals surface area contributed by atoms with Gasteiger partial charge in [0.25, 0.3) is 0 Å². The van der Waals surface area contributed by atoms with Crippen molar-refractivity contribution in [1.82, 2.24) is 5.32 Å². The van der Waals surface area contributed by atoms with Crippen molar-refractivity contribution in [2.45, 2.75) is 39.3 Å². The fourth-order valence-corrected chi connectivity index (χ4v) is 1.59. The maximum absolute atomic E-state index is 5.77. The van der Waals surface area contributed by atoms with Gasteiger partial charge in [-0.05, 0) is 38.1 Å². The van der Waals surface area contributed by atoms with Crippen LogP contribution < -0.4 is 10.1 Å². The molecular weight excluding hydrogens is 186 g/mol. The SMILES string of the molecule is CCCC(C)Oc1ccc(CNC)cc1. The molecule has 2 heteroatoms. The minimum atomic E-state index is 0.310. The van der Waals surface area contributed by atoms with Crippen molar-refractivity contribution in [2.75, 3.05) is 7.05 Å². The molecule has 0 amide bonds. The summed E-state index contributed by atoms with van der Waals surface area (Å²) in [7, 11) is 1.95. The second-order valence-corrected chi connectivity index (χ2v) is 3.89. The number of rotatable bonds is 6. The Morgan fingerprint density at radius 1 is 1.27 bits per heavy atom. The van der Waals surface area contributed by atoms with Crippen molar-refractivity contribution in [3.05, 3.63) is 29.8 Å². The van der Waals surface area contributed by atoms with Crippen LogP contribution in [0.2, 0.25) is 0 Å². The third-order valence-corrected chi connectivity index (χ3v) is 2.34. The van der Waals surface area contributed by atoms with Crippen molar-refractivity contribution in [3.8, 4) is 5.75 Å². The maximum atomic E-state index is 5.77. The molecule has 2 nitrogen and oxygen atoms in total. The van der Waals surface area contributed by atoms with Crippen LogP contribution in [0.3, 0.4) is 0 Å². The van der Waals surface area contributed by atoms with Crippen molar-refractivity contribution < 1.29 is 4.74 Å². The van der Waals surface area contributed by atoms with Crippen LogP contribution in [0.15, 0.2) is 24.3 Å². The third-order valence-electron chi connectivity index (χ3n) is 2.34. The molecule has 0 aliphatic heterocycles. The summed E-state index contributed by atoms with van der Waals surface area (Å²) >= 11 is 0. The van der Waals surface area contributed by atoms with E-state index in [0.29, 0.717) is 6.10 Å². The zero-order chi connectivity index (χ0) is 11.1. The van der Waals surface area contributed by atoms with Gasteiger partial charge in [-0.1, -0.05) is 25.5 Å². The topological polar surface area (TPSA) is 21.3 Å². The lowest BCUT2D eigenvalue weighted by molar-refractivity contribution is 0.210. The first-order chi connectivity index (χ1) is 7.26. The van der Waals surface area contributed by atoms with Gasteiger partial charge in [-0.25, -0.2) is 0 Å². The molecule has 1 N–H and O–H groups in total. The van der Waals surface area contributed by atoms with E-state index in [4.69, 9.17) is 4.74 Å². The lowest BCUT2D eigenvalue weighted by Crippen LogP contribution is -2.11. The molecule has 0 spiro atoms. The van der Waals surface area contributed by atoms with Gasteiger partial charge < -0.3 is 10.1 Å². The van der Waals surface area contributed by atoms with Gasteiger partial charge in [0.05, 0.1) is 6.10 Å². The zero-order valence-corrected chi connectivity index (χ0v) is 9.92.